The number of rotatable bonds is 5. The summed E-state index contributed by atoms with van der Waals surface area (Å²) < 4.78 is 5.28. The third-order valence-electron chi connectivity index (χ3n) is 4.69. The second kappa shape index (κ2) is 6.59. The Bertz CT molecular complexity index is 818. The zero-order valence-electron chi connectivity index (χ0n) is 14.8. The summed E-state index contributed by atoms with van der Waals surface area (Å²) in [4.78, 5) is 14.4. The Labute approximate surface area is 148 Å². The maximum absolute atomic E-state index is 12.6. The number of methoxy groups -OCH3 is 1. The molecule has 2 aromatic carbocycles. The molecule has 5 heteroatoms. The molecule has 2 N–H and O–H groups in total. The van der Waals surface area contributed by atoms with Crippen molar-refractivity contribution in [1.29, 1.82) is 5.41 Å². The lowest BCUT2D eigenvalue weighted by Crippen LogP contribution is -2.48. The Hall–Kier alpha value is -2.82. The first kappa shape index (κ1) is 17.0. The van der Waals surface area contributed by atoms with Gasteiger partial charge in [0.1, 0.15) is 11.3 Å². The molecular weight excluding hydrogens is 314 g/mol. The fourth-order valence-electron chi connectivity index (χ4n) is 3.28. The average Bonchev–Trinajstić information content (AvgIpc) is 2.78. The lowest BCUT2D eigenvalue weighted by Gasteiger charge is -2.33. The summed E-state index contributed by atoms with van der Waals surface area (Å²) in [7, 11) is 1.63. The third-order valence-corrected chi connectivity index (χ3v) is 4.69. The highest BCUT2D eigenvalue weighted by Crippen LogP contribution is 2.29. The van der Waals surface area contributed by atoms with Crippen LogP contribution in [0.5, 0.6) is 5.75 Å². The fourth-order valence-corrected chi connectivity index (χ4v) is 3.28. The molecule has 1 amide bonds. The van der Waals surface area contributed by atoms with Crippen LogP contribution in [-0.4, -0.2) is 29.4 Å². The topological polar surface area (TPSA) is 65.4 Å². The SMILES string of the molecule is COc1cccc(CC2(C)C(=O)NC(=N)N2Cc2cccc(C)c2)c1. The van der Waals surface area contributed by atoms with Gasteiger partial charge in [-0.1, -0.05) is 42.0 Å². The van der Waals surface area contributed by atoms with Crippen LogP contribution >= 0.6 is 0 Å². The largest absolute Gasteiger partial charge is 0.497 e. The molecule has 1 atom stereocenters. The van der Waals surface area contributed by atoms with Gasteiger partial charge in [-0.05, 0) is 37.1 Å². The van der Waals surface area contributed by atoms with Gasteiger partial charge in [-0.15, -0.1) is 0 Å². The van der Waals surface area contributed by atoms with Crippen molar-refractivity contribution in [3.63, 3.8) is 0 Å². The first-order valence-electron chi connectivity index (χ1n) is 8.28. The van der Waals surface area contributed by atoms with E-state index in [0.29, 0.717) is 13.0 Å². The van der Waals surface area contributed by atoms with Crippen LogP contribution in [0, 0.1) is 12.3 Å². The zero-order valence-corrected chi connectivity index (χ0v) is 14.8. The predicted octanol–water partition coefficient (Wildman–Crippen LogP) is 2.87. The molecule has 130 valence electrons. The van der Waals surface area contributed by atoms with Gasteiger partial charge in [0, 0.05) is 13.0 Å². The van der Waals surface area contributed by atoms with Crippen molar-refractivity contribution in [1.82, 2.24) is 10.2 Å². The minimum atomic E-state index is -0.812. The normalized spacial score (nSPS) is 19.9. The van der Waals surface area contributed by atoms with Crippen LogP contribution in [0.2, 0.25) is 0 Å². The molecule has 0 aliphatic carbocycles. The highest BCUT2D eigenvalue weighted by molar-refractivity contribution is 6.07. The van der Waals surface area contributed by atoms with E-state index in [9.17, 15) is 4.79 Å². The molecule has 2 aromatic rings. The van der Waals surface area contributed by atoms with E-state index in [1.807, 2.05) is 61.2 Å². The van der Waals surface area contributed by atoms with E-state index in [2.05, 4.69) is 11.4 Å². The van der Waals surface area contributed by atoms with Crippen LogP contribution < -0.4 is 10.1 Å². The molecule has 5 nitrogen and oxygen atoms in total. The van der Waals surface area contributed by atoms with Gasteiger partial charge in [-0.25, -0.2) is 0 Å². The van der Waals surface area contributed by atoms with E-state index < -0.39 is 5.54 Å². The minimum Gasteiger partial charge on any atom is -0.497 e. The van der Waals surface area contributed by atoms with Crippen LogP contribution in [-0.2, 0) is 17.8 Å². The summed E-state index contributed by atoms with van der Waals surface area (Å²) in [5.41, 5.74) is 2.43. The third kappa shape index (κ3) is 3.36. The van der Waals surface area contributed by atoms with Crippen LogP contribution in [0.25, 0.3) is 0 Å². The highest BCUT2D eigenvalue weighted by atomic mass is 16.5. The van der Waals surface area contributed by atoms with Crippen molar-refractivity contribution in [2.24, 2.45) is 0 Å². The average molecular weight is 337 g/mol. The molecule has 0 saturated carbocycles. The van der Waals surface area contributed by atoms with Crippen LogP contribution in [0.3, 0.4) is 0 Å². The van der Waals surface area contributed by atoms with Gasteiger partial charge < -0.3 is 9.64 Å². The fraction of sp³-hybridized carbons (Fsp3) is 0.300. The summed E-state index contributed by atoms with van der Waals surface area (Å²) in [5, 5.41) is 10.9. The summed E-state index contributed by atoms with van der Waals surface area (Å²) in [6.45, 7) is 4.44. The first-order valence-corrected chi connectivity index (χ1v) is 8.28. The van der Waals surface area contributed by atoms with Crippen molar-refractivity contribution >= 4 is 11.9 Å². The molecule has 0 aromatic heterocycles. The minimum absolute atomic E-state index is 0.145. The predicted molar refractivity (Wildman–Crippen MR) is 97.7 cm³/mol. The second-order valence-electron chi connectivity index (χ2n) is 6.68. The van der Waals surface area contributed by atoms with Crippen molar-refractivity contribution in [3.8, 4) is 5.75 Å². The molecular formula is C20H23N3O2. The number of hydrogen-bond acceptors (Lipinski definition) is 3. The molecule has 1 saturated heterocycles. The van der Waals surface area contributed by atoms with E-state index in [1.165, 1.54) is 0 Å². The number of benzene rings is 2. The van der Waals surface area contributed by atoms with Crippen molar-refractivity contribution in [3.05, 3.63) is 65.2 Å². The number of aryl methyl sites for hydroxylation is 1. The van der Waals surface area contributed by atoms with Crippen LogP contribution in [0.4, 0.5) is 0 Å². The lowest BCUT2D eigenvalue weighted by molar-refractivity contribution is -0.126. The summed E-state index contributed by atoms with van der Waals surface area (Å²) >= 11 is 0. The first-order chi connectivity index (χ1) is 11.9. The van der Waals surface area contributed by atoms with Gasteiger partial charge in [0.15, 0.2) is 5.96 Å². The maximum Gasteiger partial charge on any atom is 0.252 e. The van der Waals surface area contributed by atoms with Crippen molar-refractivity contribution in [2.75, 3.05) is 7.11 Å². The summed E-state index contributed by atoms with van der Waals surface area (Å²) in [5.74, 6) is 0.768. The number of guanidine groups is 1. The van der Waals surface area contributed by atoms with Crippen LogP contribution in [0.1, 0.15) is 23.6 Å². The highest BCUT2D eigenvalue weighted by Gasteiger charge is 2.47. The molecule has 25 heavy (non-hydrogen) atoms. The Morgan fingerprint density at radius 1 is 1.16 bits per heavy atom. The van der Waals surface area contributed by atoms with Gasteiger partial charge in [-0.3, -0.25) is 15.5 Å². The molecule has 0 spiro atoms. The number of nitrogens with one attached hydrogen (secondary N) is 2. The second-order valence-corrected chi connectivity index (χ2v) is 6.68. The van der Waals surface area contributed by atoms with Crippen LogP contribution in [0.15, 0.2) is 48.5 Å². The Morgan fingerprint density at radius 3 is 2.60 bits per heavy atom. The van der Waals surface area contributed by atoms with E-state index in [1.54, 1.807) is 7.11 Å². The molecule has 1 aliphatic heterocycles. The molecule has 0 bridgehead atoms. The smallest absolute Gasteiger partial charge is 0.252 e. The monoisotopic (exact) mass is 337 g/mol. The van der Waals surface area contributed by atoms with Gasteiger partial charge in [0.2, 0.25) is 0 Å². The molecule has 3 rings (SSSR count). The number of carbonyl (C=O) groups is 1. The number of hydrogen-bond donors (Lipinski definition) is 2. The van der Waals surface area contributed by atoms with Gasteiger partial charge in [-0.2, -0.15) is 0 Å². The zero-order chi connectivity index (χ0) is 18.0. The number of amides is 1. The number of nitrogens with zero attached hydrogens (tertiary/aromatic N) is 1. The Balaban J connectivity index is 1.89. The molecule has 1 fully saturated rings. The molecule has 0 radical (unpaired) electrons. The summed E-state index contributed by atoms with van der Waals surface area (Å²) in [6.07, 6.45) is 0.504. The van der Waals surface area contributed by atoms with E-state index >= 15 is 0 Å². The standard InChI is InChI=1S/C20H23N3O2/c1-14-6-4-8-16(10-14)13-23-19(21)22-18(24)20(23,2)12-15-7-5-9-17(11-15)25-3/h4-11H,12-13H2,1-3H3,(H2,21,22,24). The molecule has 1 heterocycles. The van der Waals surface area contributed by atoms with Crippen molar-refractivity contribution in [2.45, 2.75) is 32.4 Å². The Morgan fingerprint density at radius 2 is 1.88 bits per heavy atom. The lowest BCUT2D eigenvalue weighted by atomic mass is 9.91. The number of ether oxygens (including phenoxy) is 1. The van der Waals surface area contributed by atoms with E-state index in [-0.39, 0.29) is 11.9 Å². The van der Waals surface area contributed by atoms with Crippen molar-refractivity contribution < 1.29 is 9.53 Å². The van der Waals surface area contributed by atoms with Gasteiger partial charge >= 0.3 is 0 Å². The van der Waals surface area contributed by atoms with E-state index in [4.69, 9.17) is 10.1 Å². The van der Waals surface area contributed by atoms with E-state index in [0.717, 1.165) is 22.4 Å². The quantitative estimate of drug-likeness (QED) is 0.882. The van der Waals surface area contributed by atoms with Gasteiger partial charge in [0.25, 0.3) is 5.91 Å². The maximum atomic E-state index is 12.6. The summed E-state index contributed by atoms with van der Waals surface area (Å²) in [6, 6.07) is 15.9. The molecule has 1 unspecified atom stereocenters. The Kier molecular flexibility index (Phi) is 4.49. The van der Waals surface area contributed by atoms with Gasteiger partial charge in [0.05, 0.1) is 7.11 Å². The molecule has 1 aliphatic rings. The number of carbonyl (C=O) groups excluding carboxylic acids is 1.